The number of likely N-dealkylation sites (tertiary alicyclic amines) is 1. The molecule has 1 aliphatic heterocycles. The van der Waals surface area contributed by atoms with Gasteiger partial charge in [0.1, 0.15) is 11.4 Å². The molecule has 7 nitrogen and oxygen atoms in total. The molecule has 2 aromatic heterocycles. The summed E-state index contributed by atoms with van der Waals surface area (Å²) in [5, 5.41) is 4.04. The lowest BCUT2D eigenvalue weighted by Crippen LogP contribution is -2.31. The Morgan fingerprint density at radius 2 is 2.09 bits per heavy atom. The van der Waals surface area contributed by atoms with E-state index in [2.05, 4.69) is 32.1 Å². The number of nitrogens with one attached hydrogen (secondary N) is 1. The fraction of sp³-hybridized carbons (Fsp3) is 0.625. The van der Waals surface area contributed by atoms with Crippen LogP contribution >= 0.6 is 0 Å². The van der Waals surface area contributed by atoms with Gasteiger partial charge in [0.25, 0.3) is 11.4 Å². The van der Waals surface area contributed by atoms with Crippen molar-refractivity contribution in [3.8, 4) is 11.5 Å². The molecule has 7 heteroatoms. The van der Waals surface area contributed by atoms with E-state index in [0.717, 1.165) is 51.0 Å². The summed E-state index contributed by atoms with van der Waals surface area (Å²) in [4.78, 5) is 26.1. The zero-order chi connectivity index (χ0) is 15.8. The molecule has 122 valence electrons. The van der Waals surface area contributed by atoms with Gasteiger partial charge < -0.3 is 14.4 Å². The zero-order valence-electron chi connectivity index (χ0n) is 13.3. The van der Waals surface area contributed by atoms with Gasteiger partial charge in [-0.15, -0.1) is 0 Å². The molecule has 2 aliphatic rings. The molecule has 0 amide bonds. The van der Waals surface area contributed by atoms with Gasteiger partial charge in [0, 0.05) is 18.5 Å². The summed E-state index contributed by atoms with van der Waals surface area (Å²) in [6.07, 6.45) is 6.87. The molecule has 0 spiro atoms. The molecule has 1 saturated carbocycles. The summed E-state index contributed by atoms with van der Waals surface area (Å²) in [6, 6.07) is 0. The van der Waals surface area contributed by atoms with E-state index >= 15 is 0 Å². The normalized spacial score (nSPS) is 20.0. The molecule has 0 atom stereocenters. The van der Waals surface area contributed by atoms with E-state index in [-0.39, 0.29) is 11.4 Å². The summed E-state index contributed by atoms with van der Waals surface area (Å²) in [6.45, 7) is 2.23. The number of H-pyrrole nitrogens is 1. The van der Waals surface area contributed by atoms with Gasteiger partial charge in [-0.2, -0.15) is 4.98 Å². The number of hydrogen-bond acceptors (Lipinski definition) is 6. The Kier molecular flexibility index (Phi) is 3.72. The highest BCUT2D eigenvalue weighted by molar-refractivity contribution is 5.49. The van der Waals surface area contributed by atoms with Crippen LogP contribution in [0.5, 0.6) is 0 Å². The predicted molar refractivity (Wildman–Crippen MR) is 84.0 cm³/mol. The van der Waals surface area contributed by atoms with Crippen molar-refractivity contribution < 1.29 is 4.52 Å². The van der Waals surface area contributed by atoms with Gasteiger partial charge in [0.05, 0.1) is 0 Å². The lowest BCUT2D eigenvalue weighted by molar-refractivity contribution is 0.216. The lowest BCUT2D eigenvalue weighted by atomic mass is 9.94. The topological polar surface area (TPSA) is 87.9 Å². The molecule has 1 aliphatic carbocycles. The number of piperidine rings is 1. The first-order chi connectivity index (χ1) is 11.2. The summed E-state index contributed by atoms with van der Waals surface area (Å²) < 4.78 is 5.28. The van der Waals surface area contributed by atoms with Gasteiger partial charge in [-0.25, -0.2) is 4.98 Å². The van der Waals surface area contributed by atoms with E-state index in [0.29, 0.717) is 23.2 Å². The van der Waals surface area contributed by atoms with Gasteiger partial charge in [0.2, 0.25) is 0 Å². The largest absolute Gasteiger partial charge is 0.334 e. The quantitative estimate of drug-likeness (QED) is 0.921. The van der Waals surface area contributed by atoms with Crippen LogP contribution in [-0.2, 0) is 6.42 Å². The summed E-state index contributed by atoms with van der Waals surface area (Å²) >= 11 is 0. The predicted octanol–water partition coefficient (Wildman–Crippen LogP) is 1.58. The van der Waals surface area contributed by atoms with Crippen molar-refractivity contribution in [2.45, 2.75) is 38.0 Å². The van der Waals surface area contributed by atoms with E-state index in [1.165, 1.54) is 0 Å². The van der Waals surface area contributed by atoms with E-state index < -0.39 is 0 Å². The van der Waals surface area contributed by atoms with Crippen LogP contribution in [-0.4, -0.2) is 45.1 Å². The molecule has 0 radical (unpaired) electrons. The fourth-order valence-electron chi connectivity index (χ4n) is 3.10. The Bertz CT molecular complexity index is 741. The second kappa shape index (κ2) is 5.88. The maximum absolute atomic E-state index is 12.2. The summed E-state index contributed by atoms with van der Waals surface area (Å²) in [7, 11) is 2.15. The third-order valence-corrected chi connectivity index (χ3v) is 4.79. The van der Waals surface area contributed by atoms with Gasteiger partial charge in [-0.3, -0.25) is 4.79 Å². The summed E-state index contributed by atoms with van der Waals surface area (Å²) in [5.74, 6) is 2.72. The Labute approximate surface area is 134 Å². The molecule has 2 aromatic rings. The highest BCUT2D eigenvalue weighted by atomic mass is 16.5. The monoisotopic (exact) mass is 315 g/mol. The van der Waals surface area contributed by atoms with Crippen LogP contribution in [0.4, 0.5) is 0 Å². The Morgan fingerprint density at radius 1 is 1.30 bits per heavy atom. The molecule has 0 unspecified atom stereocenters. The molecule has 0 aromatic carbocycles. The highest BCUT2D eigenvalue weighted by Gasteiger charge is 2.27. The van der Waals surface area contributed by atoms with Gasteiger partial charge in [-0.1, -0.05) is 5.16 Å². The van der Waals surface area contributed by atoms with Gasteiger partial charge in [-0.05, 0) is 51.7 Å². The van der Waals surface area contributed by atoms with Crippen LogP contribution in [0.3, 0.4) is 0 Å². The molecule has 3 heterocycles. The zero-order valence-corrected chi connectivity index (χ0v) is 13.3. The number of hydrogen-bond donors (Lipinski definition) is 1. The van der Waals surface area contributed by atoms with E-state index in [1.807, 2.05) is 0 Å². The highest BCUT2D eigenvalue weighted by Crippen LogP contribution is 2.37. The van der Waals surface area contributed by atoms with Gasteiger partial charge in [0.15, 0.2) is 5.82 Å². The minimum absolute atomic E-state index is 0.198. The number of aromatic amines is 1. The van der Waals surface area contributed by atoms with Crippen molar-refractivity contribution in [2.75, 3.05) is 20.1 Å². The van der Waals surface area contributed by atoms with Gasteiger partial charge >= 0.3 is 0 Å². The van der Waals surface area contributed by atoms with Crippen molar-refractivity contribution in [3.63, 3.8) is 0 Å². The Hall–Kier alpha value is -2.02. The van der Waals surface area contributed by atoms with Crippen LogP contribution < -0.4 is 5.56 Å². The summed E-state index contributed by atoms with van der Waals surface area (Å²) in [5.41, 5.74) is 0.160. The molecule has 2 fully saturated rings. The minimum atomic E-state index is -0.198. The maximum Gasteiger partial charge on any atom is 0.265 e. The minimum Gasteiger partial charge on any atom is -0.334 e. The third-order valence-electron chi connectivity index (χ3n) is 4.79. The van der Waals surface area contributed by atoms with Crippen LogP contribution in [0.25, 0.3) is 11.5 Å². The van der Waals surface area contributed by atoms with Crippen molar-refractivity contribution >= 4 is 0 Å². The Morgan fingerprint density at radius 3 is 2.78 bits per heavy atom. The van der Waals surface area contributed by atoms with E-state index in [4.69, 9.17) is 4.52 Å². The maximum atomic E-state index is 12.2. The molecule has 1 saturated heterocycles. The molecular weight excluding hydrogens is 294 g/mol. The lowest BCUT2D eigenvalue weighted by Gasteiger charge is -2.27. The molecule has 4 rings (SSSR count). The second-order valence-corrected chi connectivity index (χ2v) is 6.75. The first-order valence-corrected chi connectivity index (χ1v) is 8.30. The molecule has 1 N–H and O–H groups in total. The van der Waals surface area contributed by atoms with E-state index in [1.54, 1.807) is 6.20 Å². The fourth-order valence-corrected chi connectivity index (χ4v) is 3.10. The van der Waals surface area contributed by atoms with Crippen LogP contribution in [0, 0.1) is 5.92 Å². The van der Waals surface area contributed by atoms with Crippen molar-refractivity contribution in [1.82, 2.24) is 25.0 Å². The average molecular weight is 315 g/mol. The SMILES string of the molecule is CN1CCC(Cc2noc(-c3cnc(C4CC4)[nH]c3=O)n2)CC1. The van der Waals surface area contributed by atoms with Crippen LogP contribution in [0.2, 0.25) is 0 Å². The molecule has 0 bridgehead atoms. The average Bonchev–Trinajstić information content (AvgIpc) is 3.30. The molecule has 23 heavy (non-hydrogen) atoms. The van der Waals surface area contributed by atoms with E-state index in [9.17, 15) is 4.79 Å². The number of aromatic nitrogens is 4. The smallest absolute Gasteiger partial charge is 0.265 e. The first kappa shape index (κ1) is 14.6. The first-order valence-electron chi connectivity index (χ1n) is 8.30. The number of rotatable bonds is 4. The van der Waals surface area contributed by atoms with Crippen molar-refractivity contribution in [2.24, 2.45) is 5.92 Å². The van der Waals surface area contributed by atoms with Crippen molar-refractivity contribution in [1.29, 1.82) is 0 Å². The second-order valence-electron chi connectivity index (χ2n) is 6.75. The van der Waals surface area contributed by atoms with Crippen LogP contribution in [0.1, 0.15) is 43.3 Å². The molecular formula is C16H21N5O2. The standard InChI is InChI=1S/C16H21N5O2/c1-21-6-4-10(5-7-21)8-13-18-16(23-20-13)12-9-17-14(11-2-3-11)19-15(12)22/h9-11H,2-8H2,1H3,(H,17,19,22). The Balaban J connectivity index is 1.48. The number of nitrogens with zero attached hydrogens (tertiary/aromatic N) is 4. The van der Waals surface area contributed by atoms with Crippen molar-refractivity contribution in [3.05, 3.63) is 28.2 Å². The third kappa shape index (κ3) is 3.19. The van der Waals surface area contributed by atoms with Crippen LogP contribution in [0.15, 0.2) is 15.5 Å².